The van der Waals surface area contributed by atoms with Crippen LogP contribution < -0.4 is 0 Å². The van der Waals surface area contributed by atoms with E-state index >= 15 is 0 Å². The van der Waals surface area contributed by atoms with Gasteiger partial charge in [-0.15, -0.1) is 5.10 Å². The molecular weight excluding hydrogens is 338 g/mol. The fourth-order valence-corrected chi connectivity index (χ4v) is 3.55. The molecule has 7 nitrogen and oxygen atoms in total. The molecular formula is C17H21N5O2S. The number of thioether (sulfide) groups is 1. The minimum Gasteiger partial charge on any atom is -0.508 e. The van der Waals surface area contributed by atoms with Crippen LogP contribution >= 0.6 is 11.8 Å². The van der Waals surface area contributed by atoms with E-state index in [4.69, 9.17) is 0 Å². The van der Waals surface area contributed by atoms with Gasteiger partial charge in [0.05, 0.1) is 11.4 Å². The van der Waals surface area contributed by atoms with Crippen LogP contribution in [-0.4, -0.2) is 48.4 Å². The summed E-state index contributed by atoms with van der Waals surface area (Å²) in [5.74, 6) is 0.553. The van der Waals surface area contributed by atoms with Crippen molar-refractivity contribution in [3.05, 3.63) is 36.0 Å². The highest BCUT2D eigenvalue weighted by Gasteiger charge is 2.20. The van der Waals surface area contributed by atoms with Gasteiger partial charge in [-0.2, -0.15) is 4.68 Å². The Kier molecular flexibility index (Phi) is 5.70. The molecule has 1 aromatic heterocycles. The fourth-order valence-electron chi connectivity index (χ4n) is 2.78. The average Bonchev–Trinajstić information content (AvgIpc) is 3.30. The first kappa shape index (κ1) is 17.5. The van der Waals surface area contributed by atoms with E-state index in [0.717, 1.165) is 43.6 Å². The number of phenolic OH excluding ortho intramolecular Hbond substituents is 1. The van der Waals surface area contributed by atoms with E-state index in [1.165, 1.54) is 11.8 Å². The number of carbonyl (C=O) groups excluding carboxylic acids is 1. The van der Waals surface area contributed by atoms with Crippen LogP contribution in [0, 0.1) is 0 Å². The van der Waals surface area contributed by atoms with Crippen molar-refractivity contribution < 1.29 is 9.90 Å². The number of benzene rings is 1. The average molecular weight is 359 g/mol. The van der Waals surface area contributed by atoms with Crippen molar-refractivity contribution in [2.45, 2.75) is 37.8 Å². The lowest BCUT2D eigenvalue weighted by atomic mass is 10.3. The fraction of sp³-hybridized carbons (Fsp3) is 0.412. The monoisotopic (exact) mass is 359 g/mol. The second-order valence-corrected chi connectivity index (χ2v) is 6.75. The quantitative estimate of drug-likeness (QED) is 0.765. The Balaban J connectivity index is 1.68. The Hall–Kier alpha value is -2.35. The van der Waals surface area contributed by atoms with Gasteiger partial charge in [-0.3, -0.25) is 4.79 Å². The Morgan fingerprint density at radius 2 is 2.16 bits per heavy atom. The van der Waals surface area contributed by atoms with Gasteiger partial charge in [0.15, 0.2) is 0 Å². The summed E-state index contributed by atoms with van der Waals surface area (Å²) in [5, 5.41) is 21.6. The highest BCUT2D eigenvalue weighted by molar-refractivity contribution is 7.99. The third-order valence-electron chi connectivity index (χ3n) is 3.97. The molecule has 2 aromatic rings. The third kappa shape index (κ3) is 4.19. The number of tetrazole rings is 1. The van der Waals surface area contributed by atoms with Crippen LogP contribution in [0.1, 0.15) is 32.6 Å². The molecule has 0 spiro atoms. The minimum atomic E-state index is 0.0836. The molecule has 1 aromatic carbocycles. The van der Waals surface area contributed by atoms with Gasteiger partial charge >= 0.3 is 0 Å². The lowest BCUT2D eigenvalue weighted by Crippen LogP contribution is -2.32. The summed E-state index contributed by atoms with van der Waals surface area (Å²) in [6, 6.07) is 6.60. The Morgan fingerprint density at radius 3 is 2.84 bits per heavy atom. The summed E-state index contributed by atoms with van der Waals surface area (Å²) in [6.07, 6.45) is 6.24. The maximum absolute atomic E-state index is 12.7. The molecule has 0 radical (unpaired) electrons. The Bertz CT molecular complexity index is 757. The molecule has 3 rings (SSSR count). The highest BCUT2D eigenvalue weighted by atomic mass is 32.2. The van der Waals surface area contributed by atoms with E-state index < -0.39 is 0 Å². The second-order valence-electron chi connectivity index (χ2n) is 5.81. The van der Waals surface area contributed by atoms with E-state index in [0.29, 0.717) is 5.16 Å². The number of carbonyl (C=O) groups is 1. The van der Waals surface area contributed by atoms with Gasteiger partial charge in [-0.05, 0) is 60.4 Å². The van der Waals surface area contributed by atoms with Crippen LogP contribution in [0.4, 0.5) is 0 Å². The summed E-state index contributed by atoms with van der Waals surface area (Å²) < 4.78 is 1.57. The van der Waals surface area contributed by atoms with Crippen molar-refractivity contribution in [3.63, 3.8) is 0 Å². The van der Waals surface area contributed by atoms with E-state index in [-0.39, 0.29) is 17.4 Å². The topological polar surface area (TPSA) is 84.1 Å². The Morgan fingerprint density at radius 1 is 1.36 bits per heavy atom. The number of allylic oxidation sites excluding steroid dienone is 2. The van der Waals surface area contributed by atoms with Crippen LogP contribution in [0.3, 0.4) is 0 Å². The van der Waals surface area contributed by atoms with Crippen molar-refractivity contribution in [1.29, 1.82) is 0 Å². The maximum Gasteiger partial charge on any atom is 0.237 e. The van der Waals surface area contributed by atoms with Gasteiger partial charge in [-0.25, -0.2) is 0 Å². The smallest absolute Gasteiger partial charge is 0.237 e. The van der Waals surface area contributed by atoms with Crippen molar-refractivity contribution in [1.82, 2.24) is 25.1 Å². The minimum absolute atomic E-state index is 0.0836. The van der Waals surface area contributed by atoms with E-state index in [9.17, 15) is 9.90 Å². The van der Waals surface area contributed by atoms with Crippen LogP contribution in [0.2, 0.25) is 0 Å². The zero-order valence-electron chi connectivity index (χ0n) is 14.1. The SMILES string of the molecule is CCCN(C(=O)CSc1nnnn1-c1ccc(O)cc1)C1=CCCC1. The van der Waals surface area contributed by atoms with Crippen molar-refractivity contribution in [2.75, 3.05) is 12.3 Å². The molecule has 1 amide bonds. The summed E-state index contributed by atoms with van der Waals surface area (Å²) in [5.41, 5.74) is 1.88. The molecule has 0 bridgehead atoms. The number of aromatic hydroxyl groups is 1. The molecule has 0 atom stereocenters. The highest BCUT2D eigenvalue weighted by Crippen LogP contribution is 2.24. The zero-order valence-corrected chi connectivity index (χ0v) is 14.9. The van der Waals surface area contributed by atoms with E-state index in [1.807, 2.05) is 4.90 Å². The summed E-state index contributed by atoms with van der Waals surface area (Å²) >= 11 is 1.32. The second kappa shape index (κ2) is 8.15. The molecule has 0 fully saturated rings. The number of phenols is 1. The first-order valence-corrected chi connectivity index (χ1v) is 9.37. The number of hydrogen-bond acceptors (Lipinski definition) is 6. The lowest BCUT2D eigenvalue weighted by Gasteiger charge is -2.23. The van der Waals surface area contributed by atoms with Gasteiger partial charge in [0.25, 0.3) is 0 Å². The normalized spacial score (nSPS) is 13.7. The number of nitrogens with zero attached hydrogens (tertiary/aromatic N) is 5. The van der Waals surface area contributed by atoms with Gasteiger partial charge in [0.1, 0.15) is 5.75 Å². The van der Waals surface area contributed by atoms with Gasteiger partial charge in [-0.1, -0.05) is 24.8 Å². The molecule has 1 aliphatic rings. The molecule has 8 heteroatoms. The van der Waals surface area contributed by atoms with E-state index in [2.05, 4.69) is 28.5 Å². The zero-order chi connectivity index (χ0) is 17.6. The molecule has 25 heavy (non-hydrogen) atoms. The van der Waals surface area contributed by atoms with Crippen LogP contribution in [0.25, 0.3) is 5.69 Å². The van der Waals surface area contributed by atoms with Crippen LogP contribution in [-0.2, 0) is 4.79 Å². The van der Waals surface area contributed by atoms with Crippen molar-refractivity contribution in [3.8, 4) is 11.4 Å². The van der Waals surface area contributed by atoms with E-state index in [1.54, 1.807) is 28.9 Å². The number of rotatable bonds is 7. The first-order valence-electron chi connectivity index (χ1n) is 8.39. The Labute approximate surface area is 150 Å². The molecule has 1 aliphatic carbocycles. The summed E-state index contributed by atoms with van der Waals surface area (Å²) in [4.78, 5) is 14.6. The van der Waals surface area contributed by atoms with Crippen LogP contribution in [0.5, 0.6) is 5.75 Å². The number of amides is 1. The number of hydrogen-bond donors (Lipinski definition) is 1. The first-order chi connectivity index (χ1) is 12.2. The molecule has 0 aliphatic heterocycles. The maximum atomic E-state index is 12.7. The van der Waals surface area contributed by atoms with Crippen molar-refractivity contribution in [2.24, 2.45) is 0 Å². The van der Waals surface area contributed by atoms with Crippen molar-refractivity contribution >= 4 is 17.7 Å². The molecule has 132 valence electrons. The lowest BCUT2D eigenvalue weighted by molar-refractivity contribution is -0.126. The van der Waals surface area contributed by atoms with Crippen LogP contribution in [0.15, 0.2) is 41.2 Å². The summed E-state index contributed by atoms with van der Waals surface area (Å²) in [6.45, 7) is 2.82. The molecule has 1 N–H and O–H groups in total. The number of aromatic nitrogens is 4. The molecule has 0 unspecified atom stereocenters. The standard InChI is InChI=1S/C17H21N5O2S/c1-2-11-21(13-5-3-4-6-13)16(24)12-25-17-18-19-20-22(17)14-7-9-15(23)10-8-14/h5,7-10,23H,2-4,6,11-12H2,1H3. The predicted octanol–water partition coefficient (Wildman–Crippen LogP) is 2.77. The third-order valence-corrected chi connectivity index (χ3v) is 4.88. The molecule has 1 heterocycles. The van der Waals surface area contributed by atoms with Gasteiger partial charge in [0, 0.05) is 12.2 Å². The van der Waals surface area contributed by atoms with Gasteiger partial charge < -0.3 is 10.0 Å². The summed E-state index contributed by atoms with van der Waals surface area (Å²) in [7, 11) is 0. The van der Waals surface area contributed by atoms with Gasteiger partial charge in [0.2, 0.25) is 11.1 Å². The largest absolute Gasteiger partial charge is 0.508 e. The predicted molar refractivity (Wildman–Crippen MR) is 95.5 cm³/mol. The molecule has 0 saturated heterocycles. The molecule has 0 saturated carbocycles.